The highest BCUT2D eigenvalue weighted by atomic mass is 35.5. The second-order valence-corrected chi connectivity index (χ2v) is 9.63. The van der Waals surface area contributed by atoms with E-state index in [1.807, 2.05) is 0 Å². The standard InChI is InChI=1S/C20H16ClF5N4O4S/c1-9-5-11(20(24,25)26)10(8-27)18(28-9)30-4-3-16(34-35(2,32)33)17(30)19(31)29-15-6-12(21)13(22)7-14(15)23/h5-7,16-17H,3-4H2,1-2H3,(H,29,31)/t16-,17-/m0/s1. The number of nitrogens with one attached hydrogen (secondary N) is 1. The van der Waals surface area contributed by atoms with Gasteiger partial charge in [-0.05, 0) is 25.5 Å². The van der Waals surface area contributed by atoms with Gasteiger partial charge in [0.1, 0.15) is 41.2 Å². The Bertz CT molecular complexity index is 1330. The van der Waals surface area contributed by atoms with E-state index in [0.717, 1.165) is 11.0 Å². The minimum atomic E-state index is -4.93. The van der Waals surface area contributed by atoms with Crippen molar-refractivity contribution >= 4 is 39.1 Å². The van der Waals surface area contributed by atoms with Crippen LogP contribution in [0, 0.1) is 29.9 Å². The number of carbonyl (C=O) groups is 1. The minimum Gasteiger partial charge on any atom is -0.341 e. The Labute approximate surface area is 201 Å². The third-order valence-electron chi connectivity index (χ3n) is 4.99. The number of nitrogens with zero attached hydrogens (tertiary/aromatic N) is 3. The van der Waals surface area contributed by atoms with Crippen molar-refractivity contribution in [2.45, 2.75) is 31.7 Å². The molecule has 0 unspecified atom stereocenters. The lowest BCUT2D eigenvalue weighted by atomic mass is 10.1. The van der Waals surface area contributed by atoms with Crippen LogP contribution in [0.1, 0.15) is 23.2 Å². The monoisotopic (exact) mass is 538 g/mol. The largest absolute Gasteiger partial charge is 0.417 e. The molecule has 0 radical (unpaired) electrons. The number of anilines is 2. The number of hydrogen-bond acceptors (Lipinski definition) is 7. The van der Waals surface area contributed by atoms with E-state index in [1.54, 1.807) is 0 Å². The quantitative estimate of drug-likeness (QED) is 0.350. The summed E-state index contributed by atoms with van der Waals surface area (Å²) >= 11 is 5.63. The molecule has 1 aromatic carbocycles. The van der Waals surface area contributed by atoms with Gasteiger partial charge in [-0.25, -0.2) is 13.8 Å². The number of amides is 1. The maximum absolute atomic E-state index is 14.2. The third-order valence-corrected chi connectivity index (χ3v) is 5.88. The Hall–Kier alpha value is -3.02. The molecule has 1 N–H and O–H groups in total. The van der Waals surface area contributed by atoms with Crippen LogP contribution in [0.2, 0.25) is 5.02 Å². The van der Waals surface area contributed by atoms with Crippen molar-refractivity contribution in [2.75, 3.05) is 23.0 Å². The number of pyridine rings is 1. The van der Waals surface area contributed by atoms with E-state index >= 15 is 0 Å². The molecule has 1 aromatic heterocycles. The molecular weight excluding hydrogens is 523 g/mol. The van der Waals surface area contributed by atoms with Crippen molar-refractivity contribution in [3.8, 4) is 6.07 Å². The first-order valence-electron chi connectivity index (χ1n) is 9.71. The maximum Gasteiger partial charge on any atom is 0.417 e. The molecule has 0 saturated carbocycles. The molecule has 188 valence electrons. The van der Waals surface area contributed by atoms with E-state index in [4.69, 9.17) is 15.8 Å². The topological polar surface area (TPSA) is 112 Å². The number of nitriles is 1. The molecule has 15 heteroatoms. The van der Waals surface area contributed by atoms with Crippen LogP contribution in [-0.4, -0.2) is 44.3 Å². The fraction of sp³-hybridized carbons (Fsp3) is 0.350. The zero-order chi connectivity index (χ0) is 26.3. The average Bonchev–Trinajstić information content (AvgIpc) is 3.12. The first-order valence-corrected chi connectivity index (χ1v) is 11.9. The van der Waals surface area contributed by atoms with E-state index < -0.39 is 73.6 Å². The summed E-state index contributed by atoms with van der Waals surface area (Å²) in [4.78, 5) is 18.1. The SMILES string of the molecule is Cc1cc(C(F)(F)F)c(C#N)c(N2CC[C@H](OS(C)(=O)=O)[C@H]2C(=O)Nc2cc(Cl)c(F)cc2F)n1. The molecule has 1 fully saturated rings. The summed E-state index contributed by atoms with van der Waals surface area (Å²) in [6.07, 6.45) is -5.81. The van der Waals surface area contributed by atoms with Crippen LogP contribution >= 0.6 is 11.6 Å². The van der Waals surface area contributed by atoms with Crippen molar-refractivity contribution in [1.29, 1.82) is 5.26 Å². The number of benzene rings is 1. The lowest BCUT2D eigenvalue weighted by Crippen LogP contribution is -2.47. The van der Waals surface area contributed by atoms with Gasteiger partial charge in [0.15, 0.2) is 0 Å². The molecule has 2 atom stereocenters. The van der Waals surface area contributed by atoms with Gasteiger partial charge < -0.3 is 10.2 Å². The van der Waals surface area contributed by atoms with E-state index in [1.165, 1.54) is 13.0 Å². The second kappa shape index (κ2) is 9.56. The predicted octanol–water partition coefficient (Wildman–Crippen LogP) is 3.77. The van der Waals surface area contributed by atoms with Crippen LogP contribution in [0.5, 0.6) is 0 Å². The summed E-state index contributed by atoms with van der Waals surface area (Å²) in [6, 6.07) is 1.61. The molecule has 1 amide bonds. The van der Waals surface area contributed by atoms with Gasteiger partial charge in [-0.3, -0.25) is 8.98 Å². The first-order chi connectivity index (χ1) is 16.1. The number of aryl methyl sites for hydroxylation is 1. The number of hydrogen-bond donors (Lipinski definition) is 1. The molecule has 0 spiro atoms. The lowest BCUT2D eigenvalue weighted by molar-refractivity contribution is -0.137. The maximum atomic E-state index is 14.2. The van der Waals surface area contributed by atoms with Gasteiger partial charge in [-0.15, -0.1) is 0 Å². The fourth-order valence-electron chi connectivity index (χ4n) is 3.66. The van der Waals surface area contributed by atoms with Crippen LogP contribution < -0.4 is 10.2 Å². The van der Waals surface area contributed by atoms with Gasteiger partial charge in [-0.2, -0.15) is 26.9 Å². The number of halogens is 6. The van der Waals surface area contributed by atoms with Gasteiger partial charge in [0, 0.05) is 18.3 Å². The summed E-state index contributed by atoms with van der Waals surface area (Å²) < 4.78 is 96.8. The molecule has 8 nitrogen and oxygen atoms in total. The van der Waals surface area contributed by atoms with Crippen molar-refractivity contribution in [3.05, 3.63) is 51.7 Å². The highest BCUT2D eigenvalue weighted by Gasteiger charge is 2.45. The van der Waals surface area contributed by atoms with Crippen molar-refractivity contribution in [3.63, 3.8) is 0 Å². The van der Waals surface area contributed by atoms with Crippen LogP contribution in [-0.2, 0) is 25.3 Å². The van der Waals surface area contributed by atoms with E-state index in [9.17, 15) is 40.4 Å². The molecule has 1 aliphatic heterocycles. The van der Waals surface area contributed by atoms with Gasteiger partial charge in [-0.1, -0.05) is 11.6 Å². The Morgan fingerprint density at radius 2 is 1.94 bits per heavy atom. The van der Waals surface area contributed by atoms with Crippen LogP contribution in [0.4, 0.5) is 33.5 Å². The van der Waals surface area contributed by atoms with E-state index in [2.05, 4.69) is 10.3 Å². The molecule has 3 rings (SSSR count). The molecule has 2 heterocycles. The first kappa shape index (κ1) is 26.6. The van der Waals surface area contributed by atoms with E-state index in [-0.39, 0.29) is 18.7 Å². The van der Waals surface area contributed by atoms with Gasteiger partial charge in [0.25, 0.3) is 10.1 Å². The molecular formula is C20H16ClF5N4O4S. The third kappa shape index (κ3) is 5.80. The highest BCUT2D eigenvalue weighted by Crippen LogP contribution is 2.38. The summed E-state index contributed by atoms with van der Waals surface area (Å²) in [5, 5.41) is 11.1. The summed E-state index contributed by atoms with van der Waals surface area (Å²) in [6.45, 7) is 1.01. The summed E-state index contributed by atoms with van der Waals surface area (Å²) in [7, 11) is -4.15. The van der Waals surface area contributed by atoms with Gasteiger partial charge >= 0.3 is 6.18 Å². The Morgan fingerprint density at radius 1 is 1.29 bits per heavy atom. The normalized spacial score (nSPS) is 18.4. The Morgan fingerprint density at radius 3 is 2.51 bits per heavy atom. The van der Waals surface area contributed by atoms with Crippen molar-refractivity contribution < 1.29 is 39.3 Å². The van der Waals surface area contributed by atoms with Crippen LogP contribution in [0.15, 0.2) is 18.2 Å². The van der Waals surface area contributed by atoms with E-state index in [0.29, 0.717) is 18.4 Å². The zero-order valence-corrected chi connectivity index (χ0v) is 19.5. The predicted molar refractivity (Wildman–Crippen MR) is 114 cm³/mol. The minimum absolute atomic E-state index is 0.130. The lowest BCUT2D eigenvalue weighted by Gasteiger charge is -2.29. The smallest absolute Gasteiger partial charge is 0.341 e. The number of carbonyl (C=O) groups excluding carboxylic acids is 1. The van der Waals surface area contributed by atoms with Crippen LogP contribution in [0.25, 0.3) is 0 Å². The second-order valence-electron chi connectivity index (χ2n) is 7.62. The number of aromatic nitrogens is 1. The van der Waals surface area contributed by atoms with Crippen molar-refractivity contribution in [2.24, 2.45) is 0 Å². The van der Waals surface area contributed by atoms with Gasteiger partial charge in [0.05, 0.1) is 22.5 Å². The molecule has 0 aliphatic carbocycles. The summed E-state index contributed by atoms with van der Waals surface area (Å²) in [5.74, 6) is -3.96. The fourth-order valence-corrected chi connectivity index (χ4v) is 4.47. The zero-order valence-electron chi connectivity index (χ0n) is 18.0. The number of rotatable bonds is 5. The molecule has 1 saturated heterocycles. The Kier molecular flexibility index (Phi) is 7.26. The molecule has 0 bridgehead atoms. The number of alkyl halides is 3. The molecule has 2 aromatic rings. The molecule has 35 heavy (non-hydrogen) atoms. The molecule has 1 aliphatic rings. The average molecular weight is 539 g/mol. The Balaban J connectivity index is 2.11. The highest BCUT2D eigenvalue weighted by molar-refractivity contribution is 7.86. The van der Waals surface area contributed by atoms with Crippen molar-refractivity contribution in [1.82, 2.24) is 4.98 Å². The van der Waals surface area contributed by atoms with Crippen LogP contribution in [0.3, 0.4) is 0 Å². The summed E-state index contributed by atoms with van der Waals surface area (Å²) in [5.41, 5.74) is -2.89. The van der Waals surface area contributed by atoms with Gasteiger partial charge in [0.2, 0.25) is 5.91 Å².